The van der Waals surface area contributed by atoms with Gasteiger partial charge in [0.1, 0.15) is 0 Å². The fraction of sp³-hybridized carbons (Fsp3) is 0.400. The molecule has 3 heteroatoms. The summed E-state index contributed by atoms with van der Waals surface area (Å²) in [6.45, 7) is 2.05. The molecule has 66 valence electrons. The molecule has 1 aliphatic rings. The van der Waals surface area contributed by atoms with E-state index in [1.807, 2.05) is 16.8 Å². The quantitative estimate of drug-likeness (QED) is 0.659. The third-order valence-electron chi connectivity index (χ3n) is 2.56. The molecule has 1 fully saturated rings. The molecule has 3 rings (SSSR count). The van der Waals surface area contributed by atoms with Crippen molar-refractivity contribution < 1.29 is 0 Å². The third-order valence-corrected chi connectivity index (χ3v) is 2.56. The number of rotatable bonds is 1. The van der Waals surface area contributed by atoms with Gasteiger partial charge in [-0.1, -0.05) is 0 Å². The van der Waals surface area contributed by atoms with Crippen LogP contribution in [-0.4, -0.2) is 14.6 Å². The lowest BCUT2D eigenvalue weighted by molar-refractivity contribution is 0.851. The molecule has 0 bridgehead atoms. The van der Waals surface area contributed by atoms with Crippen LogP contribution in [0.4, 0.5) is 0 Å². The van der Waals surface area contributed by atoms with Gasteiger partial charge in [0.15, 0.2) is 5.65 Å². The fourth-order valence-corrected chi connectivity index (χ4v) is 1.61. The minimum atomic E-state index is 0.709. The Bertz CT molecular complexity index is 454. The molecule has 1 saturated carbocycles. The predicted molar refractivity (Wildman–Crippen MR) is 49.7 cm³/mol. The Labute approximate surface area is 76.4 Å². The maximum Gasteiger partial charge on any atom is 0.155 e. The van der Waals surface area contributed by atoms with Crippen molar-refractivity contribution in [3.63, 3.8) is 0 Å². The second-order valence-corrected chi connectivity index (χ2v) is 3.70. The van der Waals surface area contributed by atoms with E-state index in [-0.39, 0.29) is 0 Å². The van der Waals surface area contributed by atoms with Crippen molar-refractivity contribution in [2.24, 2.45) is 0 Å². The minimum absolute atomic E-state index is 0.709. The Kier molecular flexibility index (Phi) is 1.26. The molecule has 0 radical (unpaired) electrons. The number of aromatic nitrogens is 3. The van der Waals surface area contributed by atoms with Crippen molar-refractivity contribution in [2.45, 2.75) is 25.7 Å². The molecule has 1 aliphatic carbocycles. The summed E-state index contributed by atoms with van der Waals surface area (Å²) in [5.41, 5.74) is 3.33. The highest BCUT2D eigenvalue weighted by atomic mass is 15.3. The van der Waals surface area contributed by atoms with Crippen molar-refractivity contribution in [1.82, 2.24) is 14.6 Å². The molecule has 3 nitrogen and oxygen atoms in total. The van der Waals surface area contributed by atoms with Crippen molar-refractivity contribution in [1.29, 1.82) is 0 Å². The van der Waals surface area contributed by atoms with E-state index in [0.717, 1.165) is 11.3 Å². The van der Waals surface area contributed by atoms with E-state index >= 15 is 0 Å². The van der Waals surface area contributed by atoms with Crippen LogP contribution in [0.25, 0.3) is 5.65 Å². The first-order valence-corrected chi connectivity index (χ1v) is 4.66. The Hall–Kier alpha value is -1.38. The molecule has 2 aromatic rings. The maximum absolute atomic E-state index is 4.53. The highest BCUT2D eigenvalue weighted by Gasteiger charge is 2.26. The Morgan fingerprint density at radius 1 is 1.46 bits per heavy atom. The number of fused-ring (bicyclic) bond motifs is 1. The van der Waals surface area contributed by atoms with E-state index in [1.165, 1.54) is 18.5 Å². The lowest BCUT2D eigenvalue weighted by atomic mass is 10.3. The van der Waals surface area contributed by atoms with Gasteiger partial charge >= 0.3 is 0 Å². The zero-order valence-electron chi connectivity index (χ0n) is 7.57. The average molecular weight is 173 g/mol. The molecule has 0 aliphatic heterocycles. The lowest BCUT2D eigenvalue weighted by Gasteiger charge is -1.94. The van der Waals surface area contributed by atoms with Gasteiger partial charge in [-0.3, -0.25) is 0 Å². The highest BCUT2D eigenvalue weighted by molar-refractivity contribution is 5.41. The van der Waals surface area contributed by atoms with Gasteiger partial charge in [-0.05, 0) is 25.8 Å². The van der Waals surface area contributed by atoms with Crippen LogP contribution >= 0.6 is 0 Å². The summed E-state index contributed by atoms with van der Waals surface area (Å²) in [6, 6.07) is 4.08. The summed E-state index contributed by atoms with van der Waals surface area (Å²) < 4.78 is 1.92. The van der Waals surface area contributed by atoms with Crippen molar-refractivity contribution in [3.8, 4) is 0 Å². The van der Waals surface area contributed by atoms with E-state index in [0.29, 0.717) is 5.92 Å². The summed E-state index contributed by atoms with van der Waals surface area (Å²) >= 11 is 0. The number of hydrogen-bond donors (Lipinski definition) is 0. The molecule has 0 amide bonds. The van der Waals surface area contributed by atoms with Crippen LogP contribution in [0.1, 0.15) is 30.1 Å². The largest absolute Gasteiger partial charge is 0.237 e. The Morgan fingerprint density at radius 2 is 2.31 bits per heavy atom. The summed E-state index contributed by atoms with van der Waals surface area (Å²) in [5.74, 6) is 0.709. The molecular formula is C10H11N3. The van der Waals surface area contributed by atoms with E-state index in [9.17, 15) is 0 Å². The van der Waals surface area contributed by atoms with Gasteiger partial charge in [0.05, 0.1) is 5.69 Å². The SMILES string of the molecule is Cc1ccnc2cc(C3CC3)nn12. The molecule has 0 atom stereocenters. The van der Waals surface area contributed by atoms with Crippen LogP contribution < -0.4 is 0 Å². The van der Waals surface area contributed by atoms with Crippen LogP contribution in [0.15, 0.2) is 18.3 Å². The number of nitrogens with zero attached hydrogens (tertiary/aromatic N) is 3. The maximum atomic E-state index is 4.53. The molecule has 13 heavy (non-hydrogen) atoms. The molecule has 0 saturated heterocycles. The van der Waals surface area contributed by atoms with Crippen LogP contribution in [-0.2, 0) is 0 Å². The van der Waals surface area contributed by atoms with Gasteiger partial charge in [0.2, 0.25) is 0 Å². The van der Waals surface area contributed by atoms with Crippen LogP contribution in [0.3, 0.4) is 0 Å². The molecule has 0 aromatic carbocycles. The molecule has 2 heterocycles. The number of hydrogen-bond acceptors (Lipinski definition) is 2. The van der Waals surface area contributed by atoms with Crippen molar-refractivity contribution in [3.05, 3.63) is 29.7 Å². The standard InChI is InChI=1S/C10H11N3/c1-7-4-5-11-10-6-9(8-2-3-8)12-13(7)10/h4-6,8H,2-3H2,1H3. The monoisotopic (exact) mass is 173 g/mol. The summed E-state index contributed by atoms with van der Waals surface area (Å²) in [5, 5.41) is 4.53. The smallest absolute Gasteiger partial charge is 0.155 e. The van der Waals surface area contributed by atoms with Crippen LogP contribution in [0.5, 0.6) is 0 Å². The summed E-state index contributed by atoms with van der Waals surface area (Å²) in [6.07, 6.45) is 4.43. The topological polar surface area (TPSA) is 30.2 Å². The zero-order valence-corrected chi connectivity index (χ0v) is 7.57. The molecule has 0 N–H and O–H groups in total. The lowest BCUT2D eigenvalue weighted by Crippen LogP contribution is -1.94. The first-order chi connectivity index (χ1) is 6.34. The summed E-state index contributed by atoms with van der Waals surface area (Å²) in [7, 11) is 0. The average Bonchev–Trinajstić information content (AvgIpc) is 2.87. The molecule has 0 spiro atoms. The van der Waals surface area contributed by atoms with Gasteiger partial charge < -0.3 is 0 Å². The third kappa shape index (κ3) is 1.03. The van der Waals surface area contributed by atoms with Gasteiger partial charge in [-0.15, -0.1) is 0 Å². The first-order valence-electron chi connectivity index (χ1n) is 4.66. The van der Waals surface area contributed by atoms with E-state index in [4.69, 9.17) is 0 Å². The van der Waals surface area contributed by atoms with Gasteiger partial charge in [0, 0.05) is 23.9 Å². The van der Waals surface area contributed by atoms with Crippen LogP contribution in [0.2, 0.25) is 0 Å². The molecule has 0 unspecified atom stereocenters. The second-order valence-electron chi connectivity index (χ2n) is 3.70. The van der Waals surface area contributed by atoms with Crippen molar-refractivity contribution >= 4 is 5.65 Å². The van der Waals surface area contributed by atoms with Crippen molar-refractivity contribution in [2.75, 3.05) is 0 Å². The normalized spacial score (nSPS) is 16.7. The van der Waals surface area contributed by atoms with E-state index in [1.54, 1.807) is 0 Å². The number of aryl methyl sites for hydroxylation is 1. The zero-order chi connectivity index (χ0) is 8.84. The Balaban J connectivity index is 2.26. The van der Waals surface area contributed by atoms with Crippen LogP contribution in [0, 0.1) is 6.92 Å². The van der Waals surface area contributed by atoms with E-state index in [2.05, 4.69) is 23.1 Å². The van der Waals surface area contributed by atoms with Gasteiger partial charge in [-0.25, -0.2) is 9.50 Å². The van der Waals surface area contributed by atoms with Gasteiger partial charge in [-0.2, -0.15) is 5.10 Å². The summed E-state index contributed by atoms with van der Waals surface area (Å²) in [4.78, 5) is 4.27. The highest BCUT2D eigenvalue weighted by Crippen LogP contribution is 2.39. The Morgan fingerprint density at radius 3 is 3.00 bits per heavy atom. The first kappa shape index (κ1) is 7.06. The minimum Gasteiger partial charge on any atom is -0.237 e. The molecule has 2 aromatic heterocycles. The van der Waals surface area contributed by atoms with E-state index < -0.39 is 0 Å². The van der Waals surface area contributed by atoms with Gasteiger partial charge in [0.25, 0.3) is 0 Å². The fourth-order valence-electron chi connectivity index (χ4n) is 1.61. The molecular weight excluding hydrogens is 162 g/mol. The second kappa shape index (κ2) is 2.31. The predicted octanol–water partition coefficient (Wildman–Crippen LogP) is 1.92.